The molecular formula is C13H15ClF2O3. The van der Waals surface area contributed by atoms with Gasteiger partial charge < -0.3 is 14.2 Å². The van der Waals surface area contributed by atoms with Gasteiger partial charge in [-0.05, 0) is 12.1 Å². The standard InChI is InChI=1S/C13H15ClF2O3/c1-17-4-5-18-13-9(14)7-12(13)19-11-3-2-8(15)6-10(11)16/h2-3,6,9,12-13H,4-5,7H2,1H3. The summed E-state index contributed by atoms with van der Waals surface area (Å²) in [5.74, 6) is -1.36. The largest absolute Gasteiger partial charge is 0.485 e. The van der Waals surface area contributed by atoms with Crippen molar-refractivity contribution < 1.29 is 23.0 Å². The second-order valence-electron chi connectivity index (χ2n) is 4.31. The molecule has 106 valence electrons. The van der Waals surface area contributed by atoms with Crippen LogP contribution in [0.1, 0.15) is 6.42 Å². The van der Waals surface area contributed by atoms with Crippen LogP contribution in [-0.4, -0.2) is 37.9 Å². The van der Waals surface area contributed by atoms with Gasteiger partial charge in [-0.2, -0.15) is 0 Å². The van der Waals surface area contributed by atoms with Crippen LogP contribution in [0.4, 0.5) is 8.78 Å². The van der Waals surface area contributed by atoms with E-state index in [1.54, 1.807) is 7.11 Å². The van der Waals surface area contributed by atoms with Crippen molar-refractivity contribution in [3.05, 3.63) is 29.8 Å². The van der Waals surface area contributed by atoms with Crippen molar-refractivity contribution in [1.82, 2.24) is 0 Å². The van der Waals surface area contributed by atoms with Crippen LogP contribution in [0.15, 0.2) is 18.2 Å². The molecule has 0 saturated heterocycles. The molecule has 0 aromatic heterocycles. The van der Waals surface area contributed by atoms with Crippen molar-refractivity contribution >= 4 is 11.6 Å². The van der Waals surface area contributed by atoms with Gasteiger partial charge in [-0.3, -0.25) is 0 Å². The van der Waals surface area contributed by atoms with Gasteiger partial charge in [0.15, 0.2) is 11.6 Å². The molecule has 1 saturated carbocycles. The number of hydrogen-bond donors (Lipinski definition) is 0. The van der Waals surface area contributed by atoms with Gasteiger partial charge in [0.1, 0.15) is 18.0 Å². The lowest BCUT2D eigenvalue weighted by Crippen LogP contribution is -2.53. The molecule has 0 heterocycles. The van der Waals surface area contributed by atoms with E-state index in [0.717, 1.165) is 12.1 Å². The Morgan fingerprint density at radius 3 is 2.74 bits per heavy atom. The summed E-state index contributed by atoms with van der Waals surface area (Å²) >= 11 is 6.02. The lowest BCUT2D eigenvalue weighted by Gasteiger charge is -2.40. The van der Waals surface area contributed by atoms with Gasteiger partial charge in [-0.1, -0.05) is 0 Å². The molecule has 19 heavy (non-hydrogen) atoms. The molecule has 0 bridgehead atoms. The summed E-state index contributed by atoms with van der Waals surface area (Å²) in [6.45, 7) is 0.855. The Morgan fingerprint density at radius 2 is 2.11 bits per heavy atom. The Hall–Kier alpha value is -0.910. The average molecular weight is 293 g/mol. The summed E-state index contributed by atoms with van der Waals surface area (Å²) < 4.78 is 42.0. The fourth-order valence-corrected chi connectivity index (χ4v) is 2.27. The van der Waals surface area contributed by atoms with Crippen molar-refractivity contribution in [3.63, 3.8) is 0 Å². The summed E-state index contributed by atoms with van der Waals surface area (Å²) in [5.41, 5.74) is 0. The molecule has 1 aromatic carbocycles. The topological polar surface area (TPSA) is 27.7 Å². The minimum atomic E-state index is -0.728. The molecule has 6 heteroatoms. The minimum absolute atomic E-state index is 0.00954. The lowest BCUT2D eigenvalue weighted by molar-refractivity contribution is -0.0907. The second-order valence-corrected chi connectivity index (χ2v) is 4.87. The van der Waals surface area contributed by atoms with Crippen molar-refractivity contribution in [2.45, 2.75) is 24.0 Å². The van der Waals surface area contributed by atoms with Crippen LogP contribution in [0.3, 0.4) is 0 Å². The summed E-state index contributed by atoms with van der Waals surface area (Å²) in [6.07, 6.45) is -0.0590. The van der Waals surface area contributed by atoms with E-state index in [4.69, 9.17) is 25.8 Å². The van der Waals surface area contributed by atoms with Gasteiger partial charge in [-0.15, -0.1) is 11.6 Å². The Bertz CT molecular complexity index is 430. The molecule has 2 rings (SSSR count). The maximum absolute atomic E-state index is 13.4. The monoisotopic (exact) mass is 292 g/mol. The third-order valence-corrected chi connectivity index (χ3v) is 3.38. The van der Waals surface area contributed by atoms with Gasteiger partial charge in [-0.25, -0.2) is 8.78 Å². The van der Waals surface area contributed by atoms with Crippen LogP contribution < -0.4 is 4.74 Å². The fraction of sp³-hybridized carbons (Fsp3) is 0.538. The Kier molecular flexibility index (Phi) is 4.96. The summed E-state index contributed by atoms with van der Waals surface area (Å²) in [5, 5.41) is -0.162. The lowest BCUT2D eigenvalue weighted by atomic mass is 9.91. The maximum Gasteiger partial charge on any atom is 0.167 e. The first kappa shape index (κ1) is 14.5. The Balaban J connectivity index is 1.91. The maximum atomic E-state index is 13.4. The highest BCUT2D eigenvalue weighted by molar-refractivity contribution is 6.21. The Labute approximate surface area is 115 Å². The number of rotatable bonds is 6. The molecule has 1 aromatic rings. The SMILES string of the molecule is COCCOC1C(Cl)CC1Oc1ccc(F)cc1F. The van der Waals surface area contributed by atoms with E-state index in [1.807, 2.05) is 0 Å². The highest BCUT2D eigenvalue weighted by Gasteiger charge is 2.43. The first-order valence-electron chi connectivity index (χ1n) is 5.98. The molecule has 0 aliphatic heterocycles. The predicted molar refractivity (Wildman–Crippen MR) is 66.6 cm³/mol. The number of ether oxygens (including phenoxy) is 3. The van der Waals surface area contributed by atoms with Crippen LogP contribution >= 0.6 is 11.6 Å². The van der Waals surface area contributed by atoms with Crippen molar-refractivity contribution in [2.24, 2.45) is 0 Å². The molecule has 3 unspecified atom stereocenters. The second kappa shape index (κ2) is 6.50. The normalized spacial score (nSPS) is 26.0. The van der Waals surface area contributed by atoms with Crippen LogP contribution in [-0.2, 0) is 9.47 Å². The quantitative estimate of drug-likeness (QED) is 0.596. The van der Waals surface area contributed by atoms with Crippen molar-refractivity contribution in [1.29, 1.82) is 0 Å². The number of benzene rings is 1. The fourth-order valence-electron chi connectivity index (χ4n) is 1.86. The minimum Gasteiger partial charge on any atom is -0.485 e. The molecular weight excluding hydrogens is 278 g/mol. The first-order chi connectivity index (χ1) is 9.11. The zero-order valence-corrected chi connectivity index (χ0v) is 11.2. The van der Waals surface area contributed by atoms with E-state index >= 15 is 0 Å². The molecule has 1 aliphatic rings. The van der Waals surface area contributed by atoms with Gasteiger partial charge in [0, 0.05) is 19.6 Å². The molecule has 1 aliphatic carbocycles. The Morgan fingerprint density at radius 1 is 1.32 bits per heavy atom. The van der Waals surface area contributed by atoms with Gasteiger partial charge in [0.25, 0.3) is 0 Å². The summed E-state index contributed by atoms with van der Waals surface area (Å²) in [6, 6.07) is 3.20. The smallest absolute Gasteiger partial charge is 0.167 e. The van der Waals surface area contributed by atoms with Gasteiger partial charge in [0.05, 0.1) is 18.6 Å². The first-order valence-corrected chi connectivity index (χ1v) is 6.41. The highest BCUT2D eigenvalue weighted by atomic mass is 35.5. The van der Waals surface area contributed by atoms with Crippen molar-refractivity contribution in [3.8, 4) is 5.75 Å². The summed E-state index contributed by atoms with van der Waals surface area (Å²) in [4.78, 5) is 0. The van der Waals surface area contributed by atoms with Crippen LogP contribution in [0.25, 0.3) is 0 Å². The van der Waals surface area contributed by atoms with Crippen molar-refractivity contribution in [2.75, 3.05) is 20.3 Å². The number of alkyl halides is 1. The number of methoxy groups -OCH3 is 1. The molecule has 0 spiro atoms. The molecule has 1 fully saturated rings. The van der Waals surface area contributed by atoms with Crippen LogP contribution in [0, 0.1) is 11.6 Å². The molecule has 0 radical (unpaired) electrons. The zero-order chi connectivity index (χ0) is 13.8. The molecule has 3 atom stereocenters. The average Bonchev–Trinajstić information content (AvgIpc) is 2.37. The predicted octanol–water partition coefficient (Wildman–Crippen LogP) is 2.75. The summed E-state index contributed by atoms with van der Waals surface area (Å²) in [7, 11) is 1.57. The number of hydrogen-bond acceptors (Lipinski definition) is 3. The number of halogens is 3. The molecule has 3 nitrogen and oxygen atoms in total. The van der Waals surface area contributed by atoms with E-state index < -0.39 is 11.6 Å². The molecule has 0 amide bonds. The zero-order valence-electron chi connectivity index (χ0n) is 10.4. The van der Waals surface area contributed by atoms with Gasteiger partial charge in [0.2, 0.25) is 0 Å². The van der Waals surface area contributed by atoms with E-state index in [2.05, 4.69) is 0 Å². The van der Waals surface area contributed by atoms with Crippen LogP contribution in [0.5, 0.6) is 5.75 Å². The van der Waals surface area contributed by atoms with E-state index in [0.29, 0.717) is 19.6 Å². The highest BCUT2D eigenvalue weighted by Crippen LogP contribution is 2.33. The van der Waals surface area contributed by atoms with E-state index in [-0.39, 0.29) is 23.3 Å². The third kappa shape index (κ3) is 3.55. The molecule has 0 N–H and O–H groups in total. The van der Waals surface area contributed by atoms with E-state index in [1.165, 1.54) is 6.07 Å². The van der Waals surface area contributed by atoms with Crippen LogP contribution in [0.2, 0.25) is 0 Å². The third-order valence-electron chi connectivity index (χ3n) is 2.95. The van der Waals surface area contributed by atoms with E-state index in [9.17, 15) is 8.78 Å². The van der Waals surface area contributed by atoms with Gasteiger partial charge >= 0.3 is 0 Å².